The first-order chi connectivity index (χ1) is 7.79. The van der Waals surface area contributed by atoms with Crippen LogP contribution in [0.15, 0.2) is 42.6 Å². The Balaban J connectivity index is 2.22. The molecule has 0 unspecified atom stereocenters. The molecule has 2 N–H and O–H groups in total. The number of nitrogens with two attached hydrogens (primary N) is 1. The highest BCUT2D eigenvalue weighted by molar-refractivity contribution is 5.47. The van der Waals surface area contributed by atoms with Gasteiger partial charge in [-0.25, -0.2) is 4.98 Å². The number of aromatic nitrogens is 1. The monoisotopic (exact) mass is 214 g/mol. The smallest absolute Gasteiger partial charge is 0.219 e. The van der Waals surface area contributed by atoms with Crippen LogP contribution in [0.25, 0.3) is 0 Å². The van der Waals surface area contributed by atoms with Gasteiger partial charge in [0.15, 0.2) is 0 Å². The molecule has 3 heteroatoms. The zero-order valence-electron chi connectivity index (χ0n) is 9.18. The van der Waals surface area contributed by atoms with Gasteiger partial charge in [0.2, 0.25) is 5.88 Å². The second kappa shape index (κ2) is 4.66. The van der Waals surface area contributed by atoms with Crippen LogP contribution in [-0.4, -0.2) is 4.98 Å². The number of nitrogens with zero attached hydrogens (tertiary/aromatic N) is 1. The van der Waals surface area contributed by atoms with Crippen molar-refractivity contribution in [1.29, 1.82) is 0 Å². The van der Waals surface area contributed by atoms with Gasteiger partial charge in [-0.1, -0.05) is 25.1 Å². The van der Waals surface area contributed by atoms with E-state index in [1.165, 1.54) is 0 Å². The lowest BCUT2D eigenvalue weighted by Gasteiger charge is -2.07. The molecule has 0 amide bonds. The van der Waals surface area contributed by atoms with Crippen molar-refractivity contribution in [3.63, 3.8) is 0 Å². The largest absolute Gasteiger partial charge is 0.439 e. The number of nitrogen functional groups attached to an aromatic ring is 1. The predicted molar refractivity (Wildman–Crippen MR) is 64.5 cm³/mol. The summed E-state index contributed by atoms with van der Waals surface area (Å²) >= 11 is 0. The molecule has 0 bridgehead atoms. The Hall–Kier alpha value is -2.03. The minimum atomic E-state index is 0.581. The van der Waals surface area contributed by atoms with Crippen molar-refractivity contribution in [2.24, 2.45) is 0 Å². The fourth-order valence-corrected chi connectivity index (χ4v) is 1.46. The van der Waals surface area contributed by atoms with Crippen LogP contribution < -0.4 is 10.5 Å². The topological polar surface area (TPSA) is 48.1 Å². The van der Waals surface area contributed by atoms with Gasteiger partial charge in [0.05, 0.1) is 11.9 Å². The maximum Gasteiger partial charge on any atom is 0.219 e. The average Bonchev–Trinajstić information content (AvgIpc) is 2.33. The maximum absolute atomic E-state index is 5.78. The van der Waals surface area contributed by atoms with Gasteiger partial charge in [0.25, 0.3) is 0 Å². The first-order valence-corrected chi connectivity index (χ1v) is 5.27. The zero-order valence-corrected chi connectivity index (χ0v) is 9.18. The van der Waals surface area contributed by atoms with Crippen molar-refractivity contribution < 1.29 is 4.74 Å². The van der Waals surface area contributed by atoms with Crippen LogP contribution in [0.5, 0.6) is 11.6 Å². The zero-order chi connectivity index (χ0) is 11.4. The van der Waals surface area contributed by atoms with Gasteiger partial charge in [-0.15, -0.1) is 0 Å². The molecule has 0 aliphatic heterocycles. The van der Waals surface area contributed by atoms with Crippen LogP contribution in [0, 0.1) is 0 Å². The van der Waals surface area contributed by atoms with Crippen molar-refractivity contribution in [3.05, 3.63) is 48.2 Å². The van der Waals surface area contributed by atoms with E-state index in [9.17, 15) is 0 Å². The van der Waals surface area contributed by atoms with Gasteiger partial charge in [0.1, 0.15) is 5.75 Å². The molecule has 0 saturated carbocycles. The molecule has 1 aromatic carbocycles. The molecular weight excluding hydrogens is 200 g/mol. The summed E-state index contributed by atoms with van der Waals surface area (Å²) < 4.78 is 5.61. The van der Waals surface area contributed by atoms with E-state index in [0.29, 0.717) is 11.6 Å². The fourth-order valence-electron chi connectivity index (χ4n) is 1.46. The van der Waals surface area contributed by atoms with E-state index in [0.717, 1.165) is 17.7 Å². The second-order valence-corrected chi connectivity index (χ2v) is 3.49. The molecule has 2 aromatic rings. The Morgan fingerprint density at radius 3 is 2.69 bits per heavy atom. The Morgan fingerprint density at radius 1 is 1.25 bits per heavy atom. The molecule has 0 aliphatic rings. The summed E-state index contributed by atoms with van der Waals surface area (Å²) in [4.78, 5) is 4.13. The summed E-state index contributed by atoms with van der Waals surface area (Å²) in [5, 5.41) is 0. The summed E-state index contributed by atoms with van der Waals surface area (Å²) in [6.45, 7) is 2.05. The number of anilines is 1. The Bertz CT molecular complexity index is 469. The molecule has 3 nitrogen and oxygen atoms in total. The Kier molecular flexibility index (Phi) is 3.05. The number of aryl methyl sites for hydroxylation is 1. The minimum absolute atomic E-state index is 0.581. The van der Waals surface area contributed by atoms with E-state index < -0.39 is 0 Å². The van der Waals surface area contributed by atoms with Crippen molar-refractivity contribution in [1.82, 2.24) is 4.98 Å². The van der Waals surface area contributed by atoms with Crippen molar-refractivity contribution in [2.45, 2.75) is 13.3 Å². The first kappa shape index (κ1) is 10.5. The van der Waals surface area contributed by atoms with Crippen LogP contribution in [0.4, 0.5) is 5.69 Å². The Morgan fingerprint density at radius 2 is 2.00 bits per heavy atom. The van der Waals surface area contributed by atoms with Crippen molar-refractivity contribution in [3.8, 4) is 11.6 Å². The molecule has 0 aliphatic carbocycles. The van der Waals surface area contributed by atoms with E-state index >= 15 is 0 Å². The summed E-state index contributed by atoms with van der Waals surface area (Å²) in [5.74, 6) is 1.36. The molecule has 0 spiro atoms. The lowest BCUT2D eigenvalue weighted by atomic mass is 10.2. The third-order valence-electron chi connectivity index (χ3n) is 2.35. The molecule has 82 valence electrons. The van der Waals surface area contributed by atoms with E-state index in [2.05, 4.69) is 11.9 Å². The van der Waals surface area contributed by atoms with Gasteiger partial charge in [0, 0.05) is 6.07 Å². The number of hydrogen-bond acceptors (Lipinski definition) is 3. The normalized spacial score (nSPS) is 10.1. The number of rotatable bonds is 3. The molecule has 0 fully saturated rings. The van der Waals surface area contributed by atoms with Gasteiger partial charge < -0.3 is 10.5 Å². The molecule has 0 radical (unpaired) electrons. The highest BCUT2D eigenvalue weighted by Crippen LogP contribution is 2.22. The third kappa shape index (κ3) is 2.31. The molecule has 2 rings (SSSR count). The maximum atomic E-state index is 5.78. The second-order valence-electron chi connectivity index (χ2n) is 3.49. The van der Waals surface area contributed by atoms with Crippen molar-refractivity contribution in [2.75, 3.05) is 5.73 Å². The van der Waals surface area contributed by atoms with E-state index in [4.69, 9.17) is 10.5 Å². The fraction of sp³-hybridized carbons (Fsp3) is 0.154. The lowest BCUT2D eigenvalue weighted by Crippen LogP contribution is -1.96. The lowest BCUT2D eigenvalue weighted by molar-refractivity contribution is 0.462. The summed E-state index contributed by atoms with van der Waals surface area (Å²) in [7, 11) is 0. The van der Waals surface area contributed by atoms with Gasteiger partial charge in [-0.05, 0) is 24.1 Å². The summed E-state index contributed by atoms with van der Waals surface area (Å²) in [5.41, 5.74) is 7.54. The molecule has 1 heterocycles. The van der Waals surface area contributed by atoms with Gasteiger partial charge >= 0.3 is 0 Å². The van der Waals surface area contributed by atoms with Gasteiger partial charge in [-0.3, -0.25) is 0 Å². The van der Waals surface area contributed by atoms with Crippen LogP contribution in [0.3, 0.4) is 0 Å². The van der Waals surface area contributed by atoms with E-state index in [1.54, 1.807) is 6.20 Å². The number of pyridine rings is 1. The highest BCUT2D eigenvalue weighted by Gasteiger charge is 2.02. The SMILES string of the molecule is CCc1cc(Oc2ccccc2)ncc1N. The molecule has 1 aromatic heterocycles. The number of hydrogen-bond donors (Lipinski definition) is 1. The van der Waals surface area contributed by atoms with Crippen LogP contribution in [0.1, 0.15) is 12.5 Å². The van der Waals surface area contributed by atoms with Crippen LogP contribution in [0.2, 0.25) is 0 Å². The Labute approximate surface area is 94.9 Å². The minimum Gasteiger partial charge on any atom is -0.439 e. The number of para-hydroxylation sites is 1. The number of benzene rings is 1. The molecule has 16 heavy (non-hydrogen) atoms. The molecule has 0 saturated heterocycles. The first-order valence-electron chi connectivity index (χ1n) is 5.27. The number of ether oxygens (including phenoxy) is 1. The predicted octanol–water partition coefficient (Wildman–Crippen LogP) is 3.02. The van der Waals surface area contributed by atoms with E-state index in [1.807, 2.05) is 36.4 Å². The quantitative estimate of drug-likeness (QED) is 0.854. The highest BCUT2D eigenvalue weighted by atomic mass is 16.5. The third-order valence-corrected chi connectivity index (χ3v) is 2.35. The van der Waals surface area contributed by atoms with Crippen LogP contribution >= 0.6 is 0 Å². The summed E-state index contributed by atoms with van der Waals surface area (Å²) in [6, 6.07) is 11.5. The van der Waals surface area contributed by atoms with Gasteiger partial charge in [-0.2, -0.15) is 0 Å². The van der Waals surface area contributed by atoms with Crippen LogP contribution in [-0.2, 0) is 6.42 Å². The molecule has 0 atom stereocenters. The van der Waals surface area contributed by atoms with E-state index in [-0.39, 0.29) is 0 Å². The standard InChI is InChI=1S/C13H14N2O/c1-2-10-8-13(15-9-12(10)14)16-11-6-4-3-5-7-11/h3-9H,2,14H2,1H3. The molecular formula is C13H14N2O. The summed E-state index contributed by atoms with van der Waals surface area (Å²) in [6.07, 6.45) is 2.51. The van der Waals surface area contributed by atoms with Crippen molar-refractivity contribution >= 4 is 5.69 Å². The average molecular weight is 214 g/mol.